The van der Waals surface area contributed by atoms with Crippen LogP contribution in [0.15, 0.2) is 24.4 Å². The molecule has 5 nitrogen and oxygen atoms in total. The molecule has 4 N–H and O–H groups in total. The van der Waals surface area contributed by atoms with Gasteiger partial charge in [0.1, 0.15) is 0 Å². The molecule has 92 valence electrons. The van der Waals surface area contributed by atoms with Crippen LogP contribution in [0.1, 0.15) is 24.3 Å². The van der Waals surface area contributed by atoms with E-state index in [1.54, 1.807) is 6.07 Å². The van der Waals surface area contributed by atoms with Crippen LogP contribution in [0.3, 0.4) is 0 Å². The molecule has 3 rings (SSSR count). The molecule has 18 heavy (non-hydrogen) atoms. The van der Waals surface area contributed by atoms with Crippen molar-refractivity contribution in [3.63, 3.8) is 0 Å². The molecule has 1 saturated heterocycles. The summed E-state index contributed by atoms with van der Waals surface area (Å²) in [5.41, 5.74) is 8.25. The number of H-pyrrole nitrogens is 1. The highest BCUT2D eigenvalue weighted by Gasteiger charge is 2.29. The van der Waals surface area contributed by atoms with Crippen LogP contribution < -0.4 is 11.1 Å². The van der Waals surface area contributed by atoms with Crippen LogP contribution in [0.2, 0.25) is 0 Å². The Morgan fingerprint density at radius 1 is 1.28 bits per heavy atom. The monoisotopic (exact) mass is 243 g/mol. The summed E-state index contributed by atoms with van der Waals surface area (Å²) in [6, 6.07) is 5.58. The van der Waals surface area contributed by atoms with E-state index in [0.717, 1.165) is 16.5 Å². The van der Waals surface area contributed by atoms with Gasteiger partial charge < -0.3 is 10.7 Å². The molecule has 5 heteroatoms. The van der Waals surface area contributed by atoms with Gasteiger partial charge in [-0.05, 0) is 30.2 Å². The molecule has 1 fully saturated rings. The summed E-state index contributed by atoms with van der Waals surface area (Å²) in [6.45, 7) is 0. The molecule has 1 aliphatic rings. The minimum Gasteiger partial charge on any atom is -0.399 e. The number of aromatic nitrogens is 1. The largest absolute Gasteiger partial charge is 0.399 e. The minimum absolute atomic E-state index is 0.206. The van der Waals surface area contributed by atoms with E-state index in [4.69, 9.17) is 5.73 Å². The quantitative estimate of drug-likeness (QED) is 0.520. The number of aromatic amines is 1. The SMILES string of the molecule is Nc1cc(C2CCC(=O)NC2=O)c2[nH]ccc2c1. The highest BCUT2D eigenvalue weighted by Crippen LogP contribution is 2.32. The number of rotatable bonds is 1. The van der Waals surface area contributed by atoms with Gasteiger partial charge in [-0.2, -0.15) is 0 Å². The zero-order valence-electron chi connectivity index (χ0n) is 9.69. The maximum atomic E-state index is 11.9. The van der Waals surface area contributed by atoms with Gasteiger partial charge in [0.25, 0.3) is 0 Å². The predicted molar refractivity (Wildman–Crippen MR) is 67.8 cm³/mol. The molecule has 0 bridgehead atoms. The van der Waals surface area contributed by atoms with Crippen molar-refractivity contribution < 1.29 is 9.59 Å². The highest BCUT2D eigenvalue weighted by atomic mass is 16.2. The first kappa shape index (κ1) is 10.8. The summed E-state index contributed by atoms with van der Waals surface area (Å²) in [4.78, 5) is 26.2. The van der Waals surface area contributed by atoms with E-state index in [9.17, 15) is 9.59 Å². The van der Waals surface area contributed by atoms with Crippen LogP contribution >= 0.6 is 0 Å². The lowest BCUT2D eigenvalue weighted by Gasteiger charge is -2.22. The smallest absolute Gasteiger partial charge is 0.234 e. The summed E-state index contributed by atoms with van der Waals surface area (Å²) >= 11 is 0. The van der Waals surface area contributed by atoms with Crippen LogP contribution in [-0.4, -0.2) is 16.8 Å². The molecule has 2 amide bonds. The number of imide groups is 1. The molecule has 0 aliphatic carbocycles. The van der Waals surface area contributed by atoms with E-state index in [2.05, 4.69) is 10.3 Å². The zero-order valence-corrected chi connectivity index (χ0v) is 9.69. The maximum absolute atomic E-state index is 11.9. The van der Waals surface area contributed by atoms with Gasteiger partial charge in [0, 0.05) is 29.2 Å². The normalized spacial score (nSPS) is 20.1. The van der Waals surface area contributed by atoms with Gasteiger partial charge in [-0.25, -0.2) is 0 Å². The topological polar surface area (TPSA) is 88.0 Å². The first-order valence-electron chi connectivity index (χ1n) is 5.85. The van der Waals surface area contributed by atoms with Gasteiger partial charge in [-0.3, -0.25) is 14.9 Å². The van der Waals surface area contributed by atoms with E-state index in [-0.39, 0.29) is 17.7 Å². The standard InChI is InChI=1S/C13H13N3O2/c14-8-5-7-3-4-15-12(7)10(6-8)9-1-2-11(17)16-13(9)18/h3-6,9,15H,1-2,14H2,(H,16,17,18). The fraction of sp³-hybridized carbons (Fsp3) is 0.231. The number of nitrogens with two attached hydrogens (primary N) is 1. The summed E-state index contributed by atoms with van der Waals surface area (Å²) < 4.78 is 0. The van der Waals surface area contributed by atoms with Gasteiger partial charge in [-0.15, -0.1) is 0 Å². The van der Waals surface area contributed by atoms with Gasteiger partial charge in [-0.1, -0.05) is 0 Å². The summed E-state index contributed by atoms with van der Waals surface area (Å²) in [7, 11) is 0. The van der Waals surface area contributed by atoms with E-state index < -0.39 is 0 Å². The second kappa shape index (κ2) is 3.87. The van der Waals surface area contributed by atoms with Crippen LogP contribution in [0.5, 0.6) is 0 Å². The number of carbonyl (C=O) groups is 2. The fourth-order valence-electron chi connectivity index (χ4n) is 2.49. The molecule has 0 saturated carbocycles. The van der Waals surface area contributed by atoms with Crippen molar-refractivity contribution in [2.24, 2.45) is 0 Å². The Morgan fingerprint density at radius 2 is 2.11 bits per heavy atom. The maximum Gasteiger partial charge on any atom is 0.234 e. The second-order valence-electron chi connectivity index (χ2n) is 4.56. The van der Waals surface area contributed by atoms with E-state index >= 15 is 0 Å². The third kappa shape index (κ3) is 1.64. The van der Waals surface area contributed by atoms with Crippen molar-refractivity contribution in [1.29, 1.82) is 0 Å². The van der Waals surface area contributed by atoms with E-state index in [1.807, 2.05) is 18.3 Å². The Balaban J connectivity index is 2.11. The zero-order chi connectivity index (χ0) is 12.7. The molecule has 1 unspecified atom stereocenters. The predicted octanol–water partition coefficient (Wildman–Crippen LogP) is 1.27. The van der Waals surface area contributed by atoms with Crippen LogP contribution in [0.4, 0.5) is 5.69 Å². The number of carbonyl (C=O) groups excluding carboxylic acids is 2. The average Bonchev–Trinajstić information content (AvgIpc) is 2.76. The van der Waals surface area contributed by atoms with Gasteiger partial charge in [0.15, 0.2) is 0 Å². The first-order valence-corrected chi connectivity index (χ1v) is 5.85. The van der Waals surface area contributed by atoms with Crippen molar-refractivity contribution in [3.05, 3.63) is 30.0 Å². The number of anilines is 1. The second-order valence-corrected chi connectivity index (χ2v) is 4.56. The first-order chi connectivity index (χ1) is 8.65. The van der Waals surface area contributed by atoms with Crippen molar-refractivity contribution in [2.75, 3.05) is 5.73 Å². The molecule has 1 atom stereocenters. The molecule has 1 aromatic carbocycles. The average molecular weight is 243 g/mol. The molecule has 2 heterocycles. The number of piperidine rings is 1. The summed E-state index contributed by atoms with van der Waals surface area (Å²) in [6.07, 6.45) is 2.72. The Hall–Kier alpha value is -2.30. The molecule has 1 aliphatic heterocycles. The Labute approximate surface area is 103 Å². The van der Waals surface area contributed by atoms with Crippen molar-refractivity contribution in [2.45, 2.75) is 18.8 Å². The van der Waals surface area contributed by atoms with Crippen molar-refractivity contribution in [3.8, 4) is 0 Å². The number of hydrogen-bond donors (Lipinski definition) is 3. The fourth-order valence-corrected chi connectivity index (χ4v) is 2.49. The third-order valence-electron chi connectivity index (χ3n) is 3.33. The van der Waals surface area contributed by atoms with Crippen molar-refractivity contribution >= 4 is 28.4 Å². The lowest BCUT2D eigenvalue weighted by molar-refractivity contribution is -0.134. The minimum atomic E-state index is -0.313. The van der Waals surface area contributed by atoms with Gasteiger partial charge in [0.2, 0.25) is 11.8 Å². The number of hydrogen-bond acceptors (Lipinski definition) is 3. The Bertz CT molecular complexity index is 645. The number of benzene rings is 1. The summed E-state index contributed by atoms with van der Waals surface area (Å²) in [5, 5.41) is 3.35. The number of nitrogens with one attached hydrogen (secondary N) is 2. The Kier molecular flexibility index (Phi) is 2.33. The van der Waals surface area contributed by atoms with Crippen molar-refractivity contribution in [1.82, 2.24) is 10.3 Å². The van der Waals surface area contributed by atoms with Gasteiger partial charge in [0.05, 0.1) is 5.92 Å². The Morgan fingerprint density at radius 3 is 2.89 bits per heavy atom. The molecule has 1 aromatic heterocycles. The van der Waals surface area contributed by atoms with Crippen LogP contribution in [0, 0.1) is 0 Å². The van der Waals surface area contributed by atoms with Gasteiger partial charge >= 0.3 is 0 Å². The molecule has 0 spiro atoms. The van der Waals surface area contributed by atoms with Crippen LogP contribution in [0.25, 0.3) is 10.9 Å². The lowest BCUT2D eigenvalue weighted by atomic mass is 9.89. The summed E-state index contributed by atoms with van der Waals surface area (Å²) in [5.74, 6) is -0.761. The number of amides is 2. The van der Waals surface area contributed by atoms with E-state index in [0.29, 0.717) is 18.5 Å². The lowest BCUT2D eigenvalue weighted by Crippen LogP contribution is -2.39. The molecular formula is C13H13N3O2. The number of nitrogen functional groups attached to an aromatic ring is 1. The van der Waals surface area contributed by atoms with E-state index in [1.165, 1.54) is 0 Å². The highest BCUT2D eigenvalue weighted by molar-refractivity contribution is 6.03. The molecule has 0 radical (unpaired) electrons. The third-order valence-corrected chi connectivity index (χ3v) is 3.33. The number of fused-ring (bicyclic) bond motifs is 1. The molecule has 2 aromatic rings. The molecular weight excluding hydrogens is 230 g/mol. The van der Waals surface area contributed by atoms with Crippen LogP contribution in [-0.2, 0) is 9.59 Å².